The molecule has 0 aliphatic rings. The zero-order valence-corrected chi connectivity index (χ0v) is 9.60. The largest absolute Gasteiger partial charge is 0.548 e. The maximum atomic E-state index is 11.5. The van der Waals surface area contributed by atoms with Crippen molar-refractivity contribution in [3.8, 4) is 0 Å². The highest BCUT2D eigenvalue weighted by atomic mass is 79.9. The summed E-state index contributed by atoms with van der Waals surface area (Å²) in [7, 11) is 0. The van der Waals surface area contributed by atoms with E-state index in [-0.39, 0.29) is 5.56 Å². The monoisotopic (exact) mass is 287 g/mol. The first-order valence-electron chi connectivity index (χ1n) is 4.27. The lowest BCUT2D eigenvalue weighted by atomic mass is 10.2. The van der Waals surface area contributed by atoms with Crippen molar-refractivity contribution < 1.29 is 19.8 Å². The summed E-state index contributed by atoms with van der Waals surface area (Å²) in [5.41, 5.74) is 0.189. The number of aromatic nitrogens is 1. The molecule has 0 saturated heterocycles. The number of carboxylic acids is 1. The highest BCUT2D eigenvalue weighted by Crippen LogP contribution is 2.09. The van der Waals surface area contributed by atoms with Gasteiger partial charge in [-0.15, -0.1) is 0 Å². The van der Waals surface area contributed by atoms with Crippen molar-refractivity contribution in [3.63, 3.8) is 0 Å². The van der Waals surface area contributed by atoms with E-state index in [1.807, 2.05) is 0 Å². The predicted molar refractivity (Wildman–Crippen MR) is 55.3 cm³/mol. The van der Waals surface area contributed by atoms with Gasteiger partial charge in [-0.05, 0) is 22.0 Å². The summed E-state index contributed by atoms with van der Waals surface area (Å²) in [5, 5.41) is 21.2. The van der Waals surface area contributed by atoms with E-state index in [0.29, 0.717) is 4.47 Å². The van der Waals surface area contributed by atoms with Crippen LogP contribution in [0.15, 0.2) is 22.9 Å². The van der Waals surface area contributed by atoms with E-state index in [0.717, 1.165) is 0 Å². The maximum Gasteiger partial charge on any atom is 0.253 e. The van der Waals surface area contributed by atoms with Crippen LogP contribution in [-0.4, -0.2) is 34.6 Å². The Labute approximate surface area is 99.4 Å². The van der Waals surface area contributed by atoms with Gasteiger partial charge in [-0.3, -0.25) is 9.78 Å². The summed E-state index contributed by atoms with van der Waals surface area (Å²) < 4.78 is 0.592. The summed E-state index contributed by atoms with van der Waals surface area (Å²) in [6, 6.07) is 0.0537. The number of halogens is 1. The van der Waals surface area contributed by atoms with E-state index in [1.54, 1.807) is 0 Å². The Kier molecular flexibility index (Phi) is 4.39. The number of rotatable bonds is 4. The number of hydrogen-bond donors (Lipinski definition) is 2. The maximum absolute atomic E-state index is 11.5. The fraction of sp³-hybridized carbons (Fsp3) is 0.222. The molecule has 1 unspecified atom stereocenters. The van der Waals surface area contributed by atoms with Gasteiger partial charge in [-0.2, -0.15) is 0 Å². The van der Waals surface area contributed by atoms with Gasteiger partial charge in [0.1, 0.15) is 0 Å². The van der Waals surface area contributed by atoms with Crippen molar-refractivity contribution in [3.05, 3.63) is 28.5 Å². The number of pyridine rings is 1. The molecule has 16 heavy (non-hydrogen) atoms. The van der Waals surface area contributed by atoms with Gasteiger partial charge in [0, 0.05) is 16.9 Å². The summed E-state index contributed by atoms with van der Waals surface area (Å²) in [5.74, 6) is -2.18. The third kappa shape index (κ3) is 3.28. The van der Waals surface area contributed by atoms with Crippen molar-refractivity contribution in [2.75, 3.05) is 6.61 Å². The van der Waals surface area contributed by atoms with Crippen LogP contribution in [0, 0.1) is 0 Å². The van der Waals surface area contributed by atoms with Crippen molar-refractivity contribution in [2.24, 2.45) is 0 Å². The summed E-state index contributed by atoms with van der Waals surface area (Å²) in [6.07, 6.45) is 2.77. The molecule has 0 spiro atoms. The Morgan fingerprint density at radius 3 is 2.75 bits per heavy atom. The third-order valence-corrected chi connectivity index (χ3v) is 2.17. The number of nitrogens with one attached hydrogen (secondary N) is 1. The van der Waals surface area contributed by atoms with Crippen LogP contribution in [0.1, 0.15) is 10.4 Å². The Morgan fingerprint density at radius 2 is 2.25 bits per heavy atom. The Bertz CT molecular complexity index is 410. The second kappa shape index (κ2) is 5.57. The van der Waals surface area contributed by atoms with Gasteiger partial charge in [0.2, 0.25) is 0 Å². The first-order valence-corrected chi connectivity index (χ1v) is 5.07. The number of nitrogens with zero attached hydrogens (tertiary/aromatic N) is 1. The molecule has 2 N–H and O–H groups in total. The smallest absolute Gasteiger partial charge is 0.253 e. The number of aliphatic carboxylic acids is 1. The average Bonchev–Trinajstić information content (AvgIpc) is 2.25. The minimum atomic E-state index is -1.54. The average molecular weight is 288 g/mol. The number of aliphatic hydroxyl groups excluding tert-OH is 1. The van der Waals surface area contributed by atoms with Crippen molar-refractivity contribution in [1.29, 1.82) is 0 Å². The van der Waals surface area contributed by atoms with Crippen LogP contribution in [0.4, 0.5) is 0 Å². The van der Waals surface area contributed by atoms with E-state index in [1.165, 1.54) is 18.5 Å². The number of amides is 1. The standard InChI is InChI=1S/C9H9BrN2O4/c10-6-1-5(2-11-3-6)8(14)12-7(4-13)9(15)16/h1-3,7,13H,4H2,(H,12,14)(H,15,16)/p-1. The SMILES string of the molecule is O=C(NC(CO)C(=O)[O-])c1cncc(Br)c1. The third-order valence-electron chi connectivity index (χ3n) is 1.74. The second-order valence-electron chi connectivity index (χ2n) is 2.92. The lowest BCUT2D eigenvalue weighted by molar-refractivity contribution is -0.308. The predicted octanol–water partition coefficient (Wildman–Crippen LogP) is -1.32. The van der Waals surface area contributed by atoms with Crippen LogP contribution in [0.25, 0.3) is 0 Å². The Morgan fingerprint density at radius 1 is 1.56 bits per heavy atom. The molecule has 86 valence electrons. The van der Waals surface area contributed by atoms with Gasteiger partial charge in [0.05, 0.1) is 24.2 Å². The molecule has 0 aliphatic heterocycles. The molecule has 0 fully saturated rings. The normalized spacial score (nSPS) is 11.9. The highest BCUT2D eigenvalue weighted by molar-refractivity contribution is 9.10. The topological polar surface area (TPSA) is 102 Å². The molecule has 0 saturated carbocycles. The van der Waals surface area contributed by atoms with Gasteiger partial charge >= 0.3 is 0 Å². The number of carbonyl (C=O) groups is 2. The molecule has 1 heterocycles. The zero-order chi connectivity index (χ0) is 12.1. The fourth-order valence-corrected chi connectivity index (χ4v) is 1.32. The van der Waals surface area contributed by atoms with Crippen molar-refractivity contribution >= 4 is 27.8 Å². The molecule has 0 aromatic carbocycles. The Hall–Kier alpha value is -1.47. The lowest BCUT2D eigenvalue weighted by Gasteiger charge is -2.16. The molecule has 6 nitrogen and oxygen atoms in total. The fourth-order valence-electron chi connectivity index (χ4n) is 0.957. The van der Waals surface area contributed by atoms with Crippen molar-refractivity contribution in [2.45, 2.75) is 6.04 Å². The van der Waals surface area contributed by atoms with E-state index in [9.17, 15) is 14.7 Å². The summed E-state index contributed by atoms with van der Waals surface area (Å²) in [4.78, 5) is 25.7. The molecule has 0 radical (unpaired) electrons. The van der Waals surface area contributed by atoms with Crippen LogP contribution >= 0.6 is 15.9 Å². The number of hydrogen-bond acceptors (Lipinski definition) is 5. The molecule has 1 aromatic heterocycles. The summed E-state index contributed by atoms with van der Waals surface area (Å²) in [6.45, 7) is -0.727. The number of carbonyl (C=O) groups excluding carboxylic acids is 2. The van der Waals surface area contributed by atoms with E-state index < -0.39 is 24.5 Å². The zero-order valence-electron chi connectivity index (χ0n) is 8.01. The minimum absolute atomic E-state index is 0.189. The summed E-state index contributed by atoms with van der Waals surface area (Å²) >= 11 is 3.12. The molecule has 7 heteroatoms. The molecule has 1 atom stereocenters. The lowest BCUT2D eigenvalue weighted by Crippen LogP contribution is -2.50. The number of aliphatic hydroxyl groups is 1. The van der Waals surface area contributed by atoms with E-state index in [4.69, 9.17) is 5.11 Å². The molecular formula is C9H8BrN2O4-. The first-order chi connectivity index (χ1) is 7.54. The molecule has 1 amide bonds. The van der Waals surface area contributed by atoms with Gasteiger partial charge in [-0.1, -0.05) is 0 Å². The van der Waals surface area contributed by atoms with Crippen LogP contribution in [0.5, 0.6) is 0 Å². The molecular weight excluding hydrogens is 280 g/mol. The quantitative estimate of drug-likeness (QED) is 0.715. The highest BCUT2D eigenvalue weighted by Gasteiger charge is 2.14. The van der Waals surface area contributed by atoms with Crippen LogP contribution in [-0.2, 0) is 4.79 Å². The molecule has 1 rings (SSSR count). The van der Waals surface area contributed by atoms with Gasteiger partial charge in [-0.25, -0.2) is 0 Å². The molecule has 1 aromatic rings. The van der Waals surface area contributed by atoms with Crippen LogP contribution < -0.4 is 10.4 Å². The van der Waals surface area contributed by atoms with E-state index in [2.05, 4.69) is 26.2 Å². The van der Waals surface area contributed by atoms with Crippen molar-refractivity contribution in [1.82, 2.24) is 10.3 Å². The van der Waals surface area contributed by atoms with Gasteiger partial charge in [0.25, 0.3) is 5.91 Å². The molecule has 0 aliphatic carbocycles. The Balaban J connectivity index is 2.75. The minimum Gasteiger partial charge on any atom is -0.548 e. The first kappa shape index (κ1) is 12.6. The van der Waals surface area contributed by atoms with Crippen LogP contribution in [0.2, 0.25) is 0 Å². The van der Waals surface area contributed by atoms with Gasteiger partial charge < -0.3 is 20.3 Å². The second-order valence-corrected chi connectivity index (χ2v) is 3.84. The van der Waals surface area contributed by atoms with Crippen LogP contribution in [0.3, 0.4) is 0 Å². The number of carboxylic acid groups (broad SMARTS) is 1. The molecule has 0 bridgehead atoms. The van der Waals surface area contributed by atoms with E-state index >= 15 is 0 Å². The van der Waals surface area contributed by atoms with Gasteiger partial charge in [0.15, 0.2) is 0 Å².